The van der Waals surface area contributed by atoms with Crippen LogP contribution in [0.2, 0.25) is 0 Å². The first-order valence-electron chi connectivity index (χ1n) is 3.62. The molecule has 0 atom stereocenters. The van der Waals surface area contributed by atoms with E-state index >= 15 is 0 Å². The van der Waals surface area contributed by atoms with Crippen LogP contribution in [0.4, 0.5) is 0 Å². The van der Waals surface area contributed by atoms with Gasteiger partial charge in [0.05, 0.1) is 6.20 Å². The van der Waals surface area contributed by atoms with Gasteiger partial charge in [-0.05, 0) is 28.1 Å². The summed E-state index contributed by atoms with van der Waals surface area (Å²) in [4.78, 5) is 10.9. The Balaban J connectivity index is 2.52. The zero-order valence-electron chi connectivity index (χ0n) is 6.53. The van der Waals surface area contributed by atoms with E-state index in [-0.39, 0.29) is 5.75 Å². The Labute approximate surface area is 82.8 Å². The number of imidazole rings is 1. The molecule has 0 saturated carbocycles. The van der Waals surface area contributed by atoms with Crippen LogP contribution in [-0.4, -0.2) is 20.1 Å². The quantitative estimate of drug-likeness (QED) is 0.800. The number of aromatic nitrogens is 3. The average Bonchev–Trinajstić information content (AvgIpc) is 2.53. The molecular weight excluding hydrogens is 234 g/mol. The van der Waals surface area contributed by atoms with Crippen LogP contribution in [0.25, 0.3) is 11.5 Å². The van der Waals surface area contributed by atoms with Crippen LogP contribution in [0.1, 0.15) is 0 Å². The highest BCUT2D eigenvalue weighted by molar-refractivity contribution is 9.10. The lowest BCUT2D eigenvalue weighted by Crippen LogP contribution is -1.85. The first kappa shape index (κ1) is 8.25. The van der Waals surface area contributed by atoms with E-state index in [4.69, 9.17) is 0 Å². The molecule has 0 radical (unpaired) electrons. The lowest BCUT2D eigenvalue weighted by Gasteiger charge is -1.97. The van der Waals surface area contributed by atoms with Crippen LogP contribution in [0, 0.1) is 0 Å². The lowest BCUT2D eigenvalue weighted by molar-refractivity contribution is 0.474. The van der Waals surface area contributed by atoms with Crippen LogP contribution in [0.3, 0.4) is 0 Å². The first-order valence-corrected chi connectivity index (χ1v) is 4.41. The SMILES string of the molecule is Oc1cccnc1-c1ncc(Br)[nH]1. The smallest absolute Gasteiger partial charge is 0.160 e. The molecule has 2 heterocycles. The molecule has 0 amide bonds. The van der Waals surface area contributed by atoms with Crippen molar-refractivity contribution in [2.75, 3.05) is 0 Å². The van der Waals surface area contributed by atoms with Crippen LogP contribution in [0.5, 0.6) is 5.75 Å². The van der Waals surface area contributed by atoms with Gasteiger partial charge in [-0.25, -0.2) is 9.97 Å². The molecule has 0 unspecified atom stereocenters. The zero-order chi connectivity index (χ0) is 9.26. The van der Waals surface area contributed by atoms with Gasteiger partial charge in [0.1, 0.15) is 16.0 Å². The summed E-state index contributed by atoms with van der Waals surface area (Å²) in [5, 5.41) is 9.44. The molecule has 5 heteroatoms. The minimum Gasteiger partial charge on any atom is -0.506 e. The second-order valence-electron chi connectivity index (χ2n) is 2.45. The molecule has 0 spiro atoms. The van der Waals surface area contributed by atoms with Gasteiger partial charge in [-0.15, -0.1) is 0 Å². The maximum absolute atomic E-state index is 9.44. The molecule has 2 N–H and O–H groups in total. The summed E-state index contributed by atoms with van der Waals surface area (Å²) in [6.45, 7) is 0. The maximum atomic E-state index is 9.44. The van der Waals surface area contributed by atoms with E-state index in [1.165, 1.54) is 0 Å². The number of nitrogens with one attached hydrogen (secondary N) is 1. The molecule has 66 valence electrons. The Bertz CT molecular complexity index is 427. The van der Waals surface area contributed by atoms with E-state index < -0.39 is 0 Å². The Hall–Kier alpha value is -1.36. The molecular formula is C8H6BrN3O. The molecule has 0 aliphatic carbocycles. The van der Waals surface area contributed by atoms with Gasteiger partial charge < -0.3 is 10.1 Å². The molecule has 13 heavy (non-hydrogen) atoms. The van der Waals surface area contributed by atoms with Crippen molar-refractivity contribution in [3.8, 4) is 17.3 Å². The third-order valence-electron chi connectivity index (χ3n) is 1.56. The Kier molecular flexibility index (Phi) is 2.02. The molecule has 0 aliphatic heterocycles. The van der Waals surface area contributed by atoms with Crippen LogP contribution in [-0.2, 0) is 0 Å². The number of rotatable bonds is 1. The van der Waals surface area contributed by atoms with Gasteiger partial charge in [-0.2, -0.15) is 0 Å². The number of aromatic hydroxyl groups is 1. The molecule has 0 saturated heterocycles. The highest BCUT2D eigenvalue weighted by atomic mass is 79.9. The monoisotopic (exact) mass is 239 g/mol. The van der Waals surface area contributed by atoms with Crippen molar-refractivity contribution in [3.63, 3.8) is 0 Å². The Morgan fingerprint density at radius 2 is 2.23 bits per heavy atom. The topological polar surface area (TPSA) is 61.8 Å². The van der Waals surface area contributed by atoms with Crippen molar-refractivity contribution in [2.45, 2.75) is 0 Å². The van der Waals surface area contributed by atoms with Gasteiger partial charge in [0.25, 0.3) is 0 Å². The number of hydrogen-bond donors (Lipinski definition) is 2. The summed E-state index contributed by atoms with van der Waals surface area (Å²) in [6, 6.07) is 3.23. The van der Waals surface area contributed by atoms with Crippen molar-refractivity contribution in [2.24, 2.45) is 0 Å². The second kappa shape index (κ2) is 3.18. The molecule has 4 nitrogen and oxygen atoms in total. The molecule has 0 bridgehead atoms. The summed E-state index contributed by atoms with van der Waals surface area (Å²) in [7, 11) is 0. The van der Waals surface area contributed by atoms with Gasteiger partial charge in [0.2, 0.25) is 0 Å². The van der Waals surface area contributed by atoms with Crippen LogP contribution >= 0.6 is 15.9 Å². The van der Waals surface area contributed by atoms with E-state index in [0.717, 1.165) is 4.60 Å². The standard InChI is InChI=1S/C8H6BrN3O/c9-6-4-11-8(12-6)7-5(13)2-1-3-10-7/h1-4,13H,(H,11,12). The predicted octanol–water partition coefficient (Wildman–Crippen LogP) is 1.94. The van der Waals surface area contributed by atoms with Crippen LogP contribution < -0.4 is 0 Å². The van der Waals surface area contributed by atoms with Gasteiger partial charge >= 0.3 is 0 Å². The van der Waals surface area contributed by atoms with Crippen molar-refractivity contribution in [3.05, 3.63) is 29.1 Å². The highest BCUT2D eigenvalue weighted by Gasteiger charge is 2.07. The van der Waals surface area contributed by atoms with Crippen LogP contribution in [0.15, 0.2) is 29.1 Å². The summed E-state index contributed by atoms with van der Waals surface area (Å²) in [5.41, 5.74) is 0.452. The van der Waals surface area contributed by atoms with E-state index in [1.54, 1.807) is 24.5 Å². The average molecular weight is 240 g/mol. The number of nitrogens with zero attached hydrogens (tertiary/aromatic N) is 2. The molecule has 0 fully saturated rings. The highest BCUT2D eigenvalue weighted by Crippen LogP contribution is 2.23. The van der Waals surface area contributed by atoms with Gasteiger partial charge in [0.15, 0.2) is 5.82 Å². The van der Waals surface area contributed by atoms with Gasteiger partial charge in [0, 0.05) is 6.20 Å². The van der Waals surface area contributed by atoms with E-state index in [1.807, 2.05) is 0 Å². The van der Waals surface area contributed by atoms with Crippen molar-refractivity contribution < 1.29 is 5.11 Å². The number of pyridine rings is 1. The third-order valence-corrected chi connectivity index (χ3v) is 1.96. The zero-order valence-corrected chi connectivity index (χ0v) is 8.12. The minimum atomic E-state index is 0.115. The summed E-state index contributed by atoms with van der Waals surface area (Å²) in [6.07, 6.45) is 3.22. The van der Waals surface area contributed by atoms with Gasteiger partial charge in [-0.1, -0.05) is 0 Å². The predicted molar refractivity (Wildman–Crippen MR) is 51.2 cm³/mol. The normalized spacial score (nSPS) is 10.2. The third kappa shape index (κ3) is 1.55. The largest absolute Gasteiger partial charge is 0.506 e. The van der Waals surface area contributed by atoms with Crippen molar-refractivity contribution in [1.82, 2.24) is 15.0 Å². The van der Waals surface area contributed by atoms with E-state index in [0.29, 0.717) is 11.5 Å². The number of H-pyrrole nitrogens is 1. The van der Waals surface area contributed by atoms with Gasteiger partial charge in [-0.3, -0.25) is 0 Å². The summed E-state index contributed by atoms with van der Waals surface area (Å²) < 4.78 is 0.757. The fourth-order valence-corrected chi connectivity index (χ4v) is 1.29. The minimum absolute atomic E-state index is 0.115. The lowest BCUT2D eigenvalue weighted by atomic mass is 10.3. The maximum Gasteiger partial charge on any atom is 0.160 e. The molecule has 2 rings (SSSR count). The van der Waals surface area contributed by atoms with Crippen molar-refractivity contribution in [1.29, 1.82) is 0 Å². The number of halogens is 1. The fourth-order valence-electron chi connectivity index (χ4n) is 0.998. The Morgan fingerprint density at radius 3 is 2.85 bits per heavy atom. The number of aromatic amines is 1. The molecule has 0 aromatic carbocycles. The summed E-state index contributed by atoms with van der Waals surface area (Å²) in [5.74, 6) is 0.661. The second-order valence-corrected chi connectivity index (χ2v) is 3.31. The van der Waals surface area contributed by atoms with E-state index in [2.05, 4.69) is 30.9 Å². The summed E-state index contributed by atoms with van der Waals surface area (Å²) >= 11 is 3.23. The first-order chi connectivity index (χ1) is 6.27. The molecule has 2 aromatic heterocycles. The molecule has 2 aromatic rings. The molecule has 0 aliphatic rings. The van der Waals surface area contributed by atoms with E-state index in [9.17, 15) is 5.11 Å². The van der Waals surface area contributed by atoms with Crippen molar-refractivity contribution >= 4 is 15.9 Å². The number of hydrogen-bond acceptors (Lipinski definition) is 3. The fraction of sp³-hybridized carbons (Fsp3) is 0. The Morgan fingerprint density at radius 1 is 1.38 bits per heavy atom.